The van der Waals surface area contributed by atoms with Gasteiger partial charge in [-0.1, -0.05) is 13.8 Å². The maximum atomic E-state index is 5.31. The van der Waals surface area contributed by atoms with Crippen LogP contribution in [0.2, 0.25) is 0 Å². The van der Waals surface area contributed by atoms with Crippen molar-refractivity contribution in [3.63, 3.8) is 0 Å². The topological polar surface area (TPSA) is 24.5 Å². The van der Waals surface area contributed by atoms with Crippen molar-refractivity contribution < 1.29 is 4.74 Å². The molecular formula is C16H32N2O. The fourth-order valence-electron chi connectivity index (χ4n) is 3.68. The molecule has 2 aliphatic rings. The van der Waals surface area contributed by atoms with Crippen LogP contribution in [0.25, 0.3) is 0 Å². The molecule has 1 saturated carbocycles. The van der Waals surface area contributed by atoms with E-state index in [1.54, 1.807) is 0 Å². The second kappa shape index (κ2) is 7.61. The number of nitrogens with one attached hydrogen (secondary N) is 1. The highest BCUT2D eigenvalue weighted by Crippen LogP contribution is 2.32. The molecular weight excluding hydrogens is 236 g/mol. The van der Waals surface area contributed by atoms with Crippen molar-refractivity contribution in [2.24, 2.45) is 11.8 Å². The average Bonchev–Trinajstić information content (AvgIpc) is 2.91. The Labute approximate surface area is 119 Å². The molecule has 2 rings (SSSR count). The Kier molecular flexibility index (Phi) is 6.11. The van der Waals surface area contributed by atoms with E-state index in [0.29, 0.717) is 6.04 Å². The Hall–Kier alpha value is -0.120. The summed E-state index contributed by atoms with van der Waals surface area (Å²) < 4.78 is 5.31. The number of rotatable bonds is 6. The van der Waals surface area contributed by atoms with Crippen molar-refractivity contribution in [1.82, 2.24) is 10.2 Å². The van der Waals surface area contributed by atoms with E-state index in [-0.39, 0.29) is 0 Å². The molecule has 2 fully saturated rings. The van der Waals surface area contributed by atoms with Gasteiger partial charge in [0.2, 0.25) is 0 Å². The summed E-state index contributed by atoms with van der Waals surface area (Å²) in [7, 11) is 1.82. The van der Waals surface area contributed by atoms with Crippen LogP contribution in [0.15, 0.2) is 0 Å². The lowest BCUT2D eigenvalue weighted by atomic mass is 9.78. The lowest BCUT2D eigenvalue weighted by Gasteiger charge is -2.40. The zero-order valence-corrected chi connectivity index (χ0v) is 13.0. The molecule has 0 aromatic rings. The quantitative estimate of drug-likeness (QED) is 0.801. The summed E-state index contributed by atoms with van der Waals surface area (Å²) in [5.41, 5.74) is 0. The molecule has 0 amide bonds. The molecule has 0 aromatic heterocycles. The van der Waals surface area contributed by atoms with Gasteiger partial charge in [0.1, 0.15) is 0 Å². The fourth-order valence-corrected chi connectivity index (χ4v) is 3.68. The van der Waals surface area contributed by atoms with E-state index in [1.807, 2.05) is 7.11 Å². The number of hydrogen-bond acceptors (Lipinski definition) is 3. The molecule has 1 aliphatic carbocycles. The van der Waals surface area contributed by atoms with Crippen LogP contribution >= 0.6 is 0 Å². The molecule has 19 heavy (non-hydrogen) atoms. The summed E-state index contributed by atoms with van der Waals surface area (Å²) in [6, 6.07) is 1.50. The third-order valence-corrected chi connectivity index (χ3v) is 5.29. The Morgan fingerprint density at radius 3 is 2.63 bits per heavy atom. The Morgan fingerprint density at radius 1 is 1.16 bits per heavy atom. The third-order valence-electron chi connectivity index (χ3n) is 5.29. The van der Waals surface area contributed by atoms with E-state index in [2.05, 4.69) is 24.1 Å². The summed E-state index contributed by atoms with van der Waals surface area (Å²) in [4.78, 5) is 2.70. The fraction of sp³-hybridized carbons (Fsp3) is 1.00. The SMILES string of the molecule is COCCN(CC1CCCN1)C1CCC(C)C(C)C1. The predicted octanol–water partition coefficient (Wildman–Crippen LogP) is 2.51. The minimum atomic E-state index is 0.714. The van der Waals surface area contributed by atoms with Gasteiger partial charge in [-0.2, -0.15) is 0 Å². The van der Waals surface area contributed by atoms with Crippen molar-refractivity contribution in [3.05, 3.63) is 0 Å². The van der Waals surface area contributed by atoms with Gasteiger partial charge in [-0.25, -0.2) is 0 Å². The van der Waals surface area contributed by atoms with Gasteiger partial charge >= 0.3 is 0 Å². The molecule has 4 unspecified atom stereocenters. The average molecular weight is 268 g/mol. The number of hydrogen-bond donors (Lipinski definition) is 1. The van der Waals surface area contributed by atoms with E-state index >= 15 is 0 Å². The molecule has 0 bridgehead atoms. The number of nitrogens with zero attached hydrogens (tertiary/aromatic N) is 1. The third kappa shape index (κ3) is 4.44. The minimum absolute atomic E-state index is 0.714. The first-order valence-corrected chi connectivity index (χ1v) is 8.17. The highest BCUT2D eigenvalue weighted by atomic mass is 16.5. The van der Waals surface area contributed by atoms with Crippen LogP contribution in [0.5, 0.6) is 0 Å². The van der Waals surface area contributed by atoms with Gasteiger partial charge < -0.3 is 10.1 Å². The van der Waals surface area contributed by atoms with Gasteiger partial charge in [0, 0.05) is 32.3 Å². The number of ether oxygens (including phenoxy) is 1. The maximum absolute atomic E-state index is 5.31. The van der Waals surface area contributed by atoms with Gasteiger partial charge in [0.25, 0.3) is 0 Å². The first-order chi connectivity index (χ1) is 9.20. The first kappa shape index (κ1) is 15.3. The van der Waals surface area contributed by atoms with Crippen molar-refractivity contribution in [2.75, 3.05) is 33.4 Å². The van der Waals surface area contributed by atoms with Crippen LogP contribution in [0, 0.1) is 11.8 Å². The zero-order valence-electron chi connectivity index (χ0n) is 13.0. The molecule has 1 N–H and O–H groups in total. The molecule has 112 valence electrons. The van der Waals surface area contributed by atoms with Crippen molar-refractivity contribution in [2.45, 2.75) is 58.0 Å². The van der Waals surface area contributed by atoms with Gasteiger partial charge in [-0.3, -0.25) is 4.90 Å². The van der Waals surface area contributed by atoms with E-state index in [9.17, 15) is 0 Å². The molecule has 1 aliphatic heterocycles. The van der Waals surface area contributed by atoms with Crippen LogP contribution in [-0.4, -0.2) is 50.3 Å². The normalized spacial score (nSPS) is 36.0. The highest BCUT2D eigenvalue weighted by molar-refractivity contribution is 4.86. The molecule has 0 radical (unpaired) electrons. The molecule has 0 aromatic carbocycles. The summed E-state index contributed by atoms with van der Waals surface area (Å²) in [6.45, 7) is 9.24. The highest BCUT2D eigenvalue weighted by Gasteiger charge is 2.30. The van der Waals surface area contributed by atoms with Crippen LogP contribution in [0.4, 0.5) is 0 Å². The maximum Gasteiger partial charge on any atom is 0.0589 e. The lowest BCUT2D eigenvalue weighted by Crippen LogP contribution is -2.47. The molecule has 0 spiro atoms. The summed E-state index contributed by atoms with van der Waals surface area (Å²) >= 11 is 0. The van der Waals surface area contributed by atoms with Crippen molar-refractivity contribution in [1.29, 1.82) is 0 Å². The smallest absolute Gasteiger partial charge is 0.0589 e. The largest absolute Gasteiger partial charge is 0.383 e. The number of methoxy groups -OCH3 is 1. The first-order valence-electron chi connectivity index (χ1n) is 8.17. The minimum Gasteiger partial charge on any atom is -0.383 e. The molecule has 1 saturated heterocycles. The van der Waals surface area contributed by atoms with Gasteiger partial charge in [-0.05, 0) is 50.5 Å². The molecule has 3 nitrogen and oxygen atoms in total. The molecule has 1 heterocycles. The van der Waals surface area contributed by atoms with Crippen molar-refractivity contribution in [3.8, 4) is 0 Å². The second-order valence-corrected chi connectivity index (χ2v) is 6.70. The van der Waals surface area contributed by atoms with Gasteiger partial charge in [-0.15, -0.1) is 0 Å². The Morgan fingerprint density at radius 2 is 2.00 bits per heavy atom. The van der Waals surface area contributed by atoms with Crippen LogP contribution in [-0.2, 0) is 4.74 Å². The standard InChI is InChI=1S/C16H32N2O/c1-13-6-7-16(11-14(13)2)18(9-10-19-3)12-15-5-4-8-17-15/h13-17H,4-12H2,1-3H3. The van der Waals surface area contributed by atoms with Crippen LogP contribution in [0.3, 0.4) is 0 Å². The van der Waals surface area contributed by atoms with E-state index in [4.69, 9.17) is 4.74 Å². The van der Waals surface area contributed by atoms with Crippen molar-refractivity contribution >= 4 is 0 Å². The zero-order chi connectivity index (χ0) is 13.7. The Balaban J connectivity index is 1.87. The molecule has 3 heteroatoms. The van der Waals surface area contributed by atoms with E-state index in [0.717, 1.165) is 31.0 Å². The summed E-state index contributed by atoms with van der Waals surface area (Å²) in [5.74, 6) is 1.78. The predicted molar refractivity (Wildman–Crippen MR) is 80.4 cm³/mol. The lowest BCUT2D eigenvalue weighted by molar-refractivity contribution is 0.0715. The summed E-state index contributed by atoms with van der Waals surface area (Å²) in [6.07, 6.45) is 6.84. The van der Waals surface area contributed by atoms with E-state index in [1.165, 1.54) is 45.2 Å². The molecule has 4 atom stereocenters. The van der Waals surface area contributed by atoms with Gasteiger partial charge in [0.15, 0.2) is 0 Å². The Bertz CT molecular complexity index is 253. The second-order valence-electron chi connectivity index (χ2n) is 6.70. The van der Waals surface area contributed by atoms with Crippen LogP contribution in [0.1, 0.15) is 46.0 Å². The van der Waals surface area contributed by atoms with Gasteiger partial charge in [0.05, 0.1) is 6.61 Å². The summed E-state index contributed by atoms with van der Waals surface area (Å²) in [5, 5.41) is 3.64. The monoisotopic (exact) mass is 268 g/mol. The van der Waals surface area contributed by atoms with Crippen LogP contribution < -0.4 is 5.32 Å². The van der Waals surface area contributed by atoms with E-state index < -0.39 is 0 Å².